The molecule has 5 heteroatoms. The van der Waals surface area contributed by atoms with Crippen molar-refractivity contribution in [3.05, 3.63) is 0 Å². The molecule has 5 nitrogen and oxygen atoms in total. The summed E-state index contributed by atoms with van der Waals surface area (Å²) < 4.78 is 0. The highest BCUT2D eigenvalue weighted by Crippen LogP contribution is 2.32. The van der Waals surface area contributed by atoms with E-state index in [-0.39, 0.29) is 11.6 Å². The highest BCUT2D eigenvalue weighted by Gasteiger charge is 2.43. The Morgan fingerprint density at radius 1 is 1.14 bits per heavy atom. The summed E-state index contributed by atoms with van der Waals surface area (Å²) in [5, 5.41) is 15.3. The van der Waals surface area contributed by atoms with Gasteiger partial charge in [0.2, 0.25) is 0 Å². The number of carbonyl (C=O) groups is 2. The number of aliphatic carboxylic acids is 1. The Morgan fingerprint density at radius 3 is 2.00 bits per heavy atom. The van der Waals surface area contributed by atoms with Gasteiger partial charge >= 0.3 is 12.0 Å². The van der Waals surface area contributed by atoms with Gasteiger partial charge in [-0.25, -0.2) is 9.59 Å². The summed E-state index contributed by atoms with van der Waals surface area (Å²) in [6.45, 7) is 8.26. The van der Waals surface area contributed by atoms with Crippen LogP contribution in [0.25, 0.3) is 0 Å². The Balaban J connectivity index is 2.76. The molecule has 0 unspecified atom stereocenters. The minimum absolute atomic E-state index is 0.244. The molecule has 1 fully saturated rings. The topological polar surface area (TPSA) is 78.4 Å². The fraction of sp³-hybridized carbons (Fsp3) is 0.875. The van der Waals surface area contributed by atoms with Crippen LogP contribution in [0.2, 0.25) is 0 Å². The number of carboxylic acids is 1. The molecule has 0 atom stereocenters. The SMILES string of the molecule is CCC(CC)(CC)NC(=O)NC1(C(=O)O)CCC(C)CC1. The van der Waals surface area contributed by atoms with Crippen LogP contribution in [0.4, 0.5) is 4.79 Å². The van der Waals surface area contributed by atoms with Crippen molar-refractivity contribution in [2.75, 3.05) is 0 Å². The molecule has 21 heavy (non-hydrogen) atoms. The van der Waals surface area contributed by atoms with Gasteiger partial charge in [-0.05, 0) is 50.9 Å². The predicted octanol–water partition coefficient (Wildman–Crippen LogP) is 3.29. The van der Waals surface area contributed by atoms with Crippen molar-refractivity contribution in [1.29, 1.82) is 0 Å². The van der Waals surface area contributed by atoms with Crippen molar-refractivity contribution >= 4 is 12.0 Å². The summed E-state index contributed by atoms with van der Waals surface area (Å²) in [6, 6.07) is -0.350. The maximum absolute atomic E-state index is 12.3. The zero-order valence-electron chi connectivity index (χ0n) is 13.8. The Kier molecular flexibility index (Phi) is 6.05. The maximum atomic E-state index is 12.3. The lowest BCUT2D eigenvalue weighted by Crippen LogP contribution is -2.61. The van der Waals surface area contributed by atoms with Crippen molar-refractivity contribution < 1.29 is 14.7 Å². The molecule has 0 aromatic heterocycles. The third kappa shape index (κ3) is 4.11. The van der Waals surface area contributed by atoms with E-state index in [4.69, 9.17) is 0 Å². The Bertz CT molecular complexity index is 361. The molecule has 3 N–H and O–H groups in total. The van der Waals surface area contributed by atoms with Gasteiger partial charge in [0, 0.05) is 5.54 Å². The molecule has 0 aromatic rings. The second kappa shape index (κ2) is 7.14. The second-order valence-corrected chi connectivity index (χ2v) is 6.49. The van der Waals surface area contributed by atoms with Crippen LogP contribution in [0.15, 0.2) is 0 Å². The zero-order chi connectivity index (χ0) is 16.1. The number of carboxylic acid groups (broad SMARTS) is 1. The molecular formula is C16H30N2O3. The first kappa shape index (κ1) is 17.8. The van der Waals surface area contributed by atoms with Crippen LogP contribution in [0.1, 0.15) is 72.6 Å². The van der Waals surface area contributed by atoms with E-state index in [1.807, 2.05) is 20.8 Å². The van der Waals surface area contributed by atoms with Crippen LogP contribution in [0.5, 0.6) is 0 Å². The molecule has 1 rings (SSSR count). The first-order valence-corrected chi connectivity index (χ1v) is 8.16. The second-order valence-electron chi connectivity index (χ2n) is 6.49. The van der Waals surface area contributed by atoms with Crippen molar-refractivity contribution in [2.24, 2.45) is 5.92 Å². The van der Waals surface area contributed by atoms with Crippen molar-refractivity contribution in [3.8, 4) is 0 Å². The lowest BCUT2D eigenvalue weighted by Gasteiger charge is -2.38. The van der Waals surface area contributed by atoms with Gasteiger partial charge in [-0.3, -0.25) is 0 Å². The van der Waals surface area contributed by atoms with E-state index in [0.717, 1.165) is 32.1 Å². The molecule has 122 valence electrons. The van der Waals surface area contributed by atoms with Gasteiger partial charge in [0.05, 0.1) is 0 Å². The average molecular weight is 298 g/mol. The van der Waals surface area contributed by atoms with Gasteiger partial charge in [-0.2, -0.15) is 0 Å². The lowest BCUT2D eigenvalue weighted by atomic mass is 9.77. The minimum Gasteiger partial charge on any atom is -0.480 e. The van der Waals surface area contributed by atoms with Crippen LogP contribution >= 0.6 is 0 Å². The lowest BCUT2D eigenvalue weighted by molar-refractivity contribution is -0.146. The van der Waals surface area contributed by atoms with Crippen LogP contribution in [-0.4, -0.2) is 28.2 Å². The molecule has 1 aliphatic carbocycles. The van der Waals surface area contributed by atoms with Gasteiger partial charge in [-0.15, -0.1) is 0 Å². The summed E-state index contributed by atoms with van der Waals surface area (Å²) in [4.78, 5) is 24.0. The van der Waals surface area contributed by atoms with Crippen molar-refractivity contribution in [1.82, 2.24) is 10.6 Å². The molecule has 0 bridgehead atoms. The van der Waals surface area contributed by atoms with Gasteiger partial charge in [-0.1, -0.05) is 27.7 Å². The summed E-state index contributed by atoms with van der Waals surface area (Å²) in [5.74, 6) is -0.386. The normalized spacial score (nSPS) is 26.2. The van der Waals surface area contributed by atoms with E-state index >= 15 is 0 Å². The van der Waals surface area contributed by atoms with E-state index in [2.05, 4.69) is 17.6 Å². The summed E-state index contributed by atoms with van der Waals surface area (Å²) in [7, 11) is 0. The fourth-order valence-corrected chi connectivity index (χ4v) is 3.15. The molecular weight excluding hydrogens is 268 g/mol. The largest absolute Gasteiger partial charge is 0.480 e. The highest BCUT2D eigenvalue weighted by atomic mass is 16.4. The number of urea groups is 1. The summed E-state index contributed by atoms with van der Waals surface area (Å²) in [6.07, 6.45) is 5.21. The monoisotopic (exact) mass is 298 g/mol. The number of carbonyl (C=O) groups excluding carboxylic acids is 1. The van der Waals surface area contributed by atoms with Crippen LogP contribution in [-0.2, 0) is 4.79 Å². The van der Waals surface area contributed by atoms with E-state index < -0.39 is 11.5 Å². The van der Waals surface area contributed by atoms with Gasteiger partial charge in [0.25, 0.3) is 0 Å². The number of hydrogen-bond acceptors (Lipinski definition) is 2. The zero-order valence-corrected chi connectivity index (χ0v) is 13.8. The first-order valence-electron chi connectivity index (χ1n) is 8.16. The van der Waals surface area contributed by atoms with E-state index in [9.17, 15) is 14.7 Å². The van der Waals surface area contributed by atoms with Crippen molar-refractivity contribution in [2.45, 2.75) is 83.7 Å². The van der Waals surface area contributed by atoms with Crippen LogP contribution in [0, 0.1) is 5.92 Å². The first-order chi connectivity index (χ1) is 9.83. The third-order valence-corrected chi connectivity index (χ3v) is 5.30. The maximum Gasteiger partial charge on any atom is 0.329 e. The molecule has 2 amide bonds. The standard InChI is InChI=1S/C16H30N2O3/c1-5-15(6-2,7-3)17-14(21)18-16(13(19)20)10-8-12(4)9-11-16/h12H,5-11H2,1-4H3,(H,19,20)(H2,17,18,21). The molecule has 1 saturated carbocycles. The number of hydrogen-bond donors (Lipinski definition) is 3. The van der Waals surface area contributed by atoms with E-state index in [0.29, 0.717) is 18.8 Å². The van der Waals surface area contributed by atoms with Gasteiger partial charge < -0.3 is 15.7 Å². The fourth-order valence-electron chi connectivity index (χ4n) is 3.15. The smallest absolute Gasteiger partial charge is 0.329 e. The van der Waals surface area contributed by atoms with Gasteiger partial charge in [0.1, 0.15) is 5.54 Å². The molecule has 0 heterocycles. The molecule has 0 saturated heterocycles. The Morgan fingerprint density at radius 2 is 1.62 bits per heavy atom. The third-order valence-electron chi connectivity index (χ3n) is 5.30. The van der Waals surface area contributed by atoms with E-state index in [1.54, 1.807) is 0 Å². The Hall–Kier alpha value is -1.26. The number of rotatable bonds is 6. The minimum atomic E-state index is -1.10. The predicted molar refractivity (Wildman–Crippen MR) is 83.3 cm³/mol. The quantitative estimate of drug-likeness (QED) is 0.704. The molecule has 0 aromatic carbocycles. The van der Waals surface area contributed by atoms with E-state index in [1.165, 1.54) is 0 Å². The molecule has 1 aliphatic rings. The Labute approximate surface area is 127 Å². The molecule has 0 aliphatic heterocycles. The van der Waals surface area contributed by atoms with Gasteiger partial charge in [0.15, 0.2) is 0 Å². The van der Waals surface area contributed by atoms with Crippen molar-refractivity contribution in [3.63, 3.8) is 0 Å². The summed E-state index contributed by atoms with van der Waals surface area (Å²) >= 11 is 0. The highest BCUT2D eigenvalue weighted by molar-refractivity contribution is 5.86. The van der Waals surface area contributed by atoms with Crippen LogP contribution in [0.3, 0.4) is 0 Å². The number of nitrogens with one attached hydrogen (secondary N) is 2. The summed E-state index contributed by atoms with van der Waals surface area (Å²) in [5.41, 5.74) is -1.34. The number of amides is 2. The molecule has 0 radical (unpaired) electrons. The van der Waals surface area contributed by atoms with Crippen LogP contribution < -0.4 is 10.6 Å². The molecule has 0 spiro atoms. The average Bonchev–Trinajstić information content (AvgIpc) is 2.47.